The molecule has 1 unspecified atom stereocenters. The molecule has 16 nitrogen and oxygen atoms in total. The summed E-state index contributed by atoms with van der Waals surface area (Å²) in [6.07, 6.45) is 5.02. The van der Waals surface area contributed by atoms with Gasteiger partial charge in [0.05, 0.1) is 46.9 Å². The van der Waals surface area contributed by atoms with E-state index in [4.69, 9.17) is 19.4 Å². The number of amides is 5. The van der Waals surface area contributed by atoms with Crippen molar-refractivity contribution in [2.24, 2.45) is 11.3 Å². The summed E-state index contributed by atoms with van der Waals surface area (Å²) in [6, 6.07) is 6.80. The highest BCUT2D eigenvalue weighted by Gasteiger charge is 2.48. The number of ether oxygens (including phenoxy) is 2. The normalized spacial score (nSPS) is 21.7. The van der Waals surface area contributed by atoms with E-state index in [1.54, 1.807) is 44.2 Å². The second-order valence-corrected chi connectivity index (χ2v) is 19.9. The monoisotopic (exact) mass is 923 g/mol. The summed E-state index contributed by atoms with van der Waals surface area (Å²) in [6.45, 7) is 16.7. The molecule has 0 radical (unpaired) electrons. The van der Waals surface area contributed by atoms with E-state index in [9.17, 15) is 24.0 Å². The lowest BCUT2D eigenvalue weighted by Gasteiger charge is -2.37. The molecule has 5 heterocycles. The summed E-state index contributed by atoms with van der Waals surface area (Å²) in [7, 11) is 6.61. The Morgan fingerprint density at radius 3 is 2.56 bits per heavy atom. The molecule has 1 saturated heterocycles. The number of thiazole rings is 1. The number of rotatable bonds is 11. The van der Waals surface area contributed by atoms with Crippen LogP contribution in [-0.2, 0) is 48.0 Å². The van der Waals surface area contributed by atoms with E-state index < -0.39 is 41.3 Å². The summed E-state index contributed by atoms with van der Waals surface area (Å²) >= 11 is 1.40. The van der Waals surface area contributed by atoms with Crippen molar-refractivity contribution in [2.75, 3.05) is 41.4 Å². The lowest BCUT2D eigenvalue weighted by Crippen LogP contribution is -2.62. The van der Waals surface area contributed by atoms with Gasteiger partial charge in [-0.3, -0.25) is 29.2 Å². The van der Waals surface area contributed by atoms with Crippen molar-refractivity contribution in [1.82, 2.24) is 45.0 Å². The van der Waals surface area contributed by atoms with Gasteiger partial charge >= 0.3 is 12.0 Å². The topological polar surface area (TPSA) is 172 Å². The molecule has 17 heteroatoms. The number of fused-ring (bicyclic) bond motifs is 6. The van der Waals surface area contributed by atoms with Gasteiger partial charge in [-0.25, -0.2) is 15.2 Å². The highest BCUT2D eigenvalue weighted by atomic mass is 32.1. The van der Waals surface area contributed by atoms with Crippen LogP contribution in [0.5, 0.6) is 0 Å². The molecular weight excluding hydrogens is 859 g/mol. The van der Waals surface area contributed by atoms with Gasteiger partial charge in [0.25, 0.3) is 5.91 Å². The van der Waals surface area contributed by atoms with Crippen LogP contribution in [0.3, 0.4) is 0 Å². The highest BCUT2D eigenvalue weighted by molar-refractivity contribution is 7.10. The lowest BCUT2D eigenvalue weighted by atomic mass is 9.84. The van der Waals surface area contributed by atoms with Crippen LogP contribution in [0.4, 0.5) is 4.79 Å². The van der Waals surface area contributed by atoms with Crippen LogP contribution >= 0.6 is 11.3 Å². The first kappa shape index (κ1) is 48.3. The molecule has 2 aliphatic heterocycles. The summed E-state index contributed by atoms with van der Waals surface area (Å²) in [5.41, 5.74) is 9.23. The Labute approximate surface area is 391 Å². The molecular formula is C49H65N9O7S. The molecule has 5 amide bonds. The van der Waals surface area contributed by atoms with Crippen LogP contribution in [0.15, 0.2) is 54.6 Å². The number of aryl methyl sites for hydroxylation is 1. The zero-order valence-electron chi connectivity index (χ0n) is 39.9. The Balaban J connectivity index is 1.25. The Kier molecular flexibility index (Phi) is 14.4. The Morgan fingerprint density at radius 2 is 1.86 bits per heavy atom. The van der Waals surface area contributed by atoms with E-state index >= 15 is 0 Å². The predicted molar refractivity (Wildman–Crippen MR) is 254 cm³/mol. The van der Waals surface area contributed by atoms with Crippen molar-refractivity contribution in [3.8, 4) is 22.5 Å². The third-order valence-electron chi connectivity index (χ3n) is 13.3. The summed E-state index contributed by atoms with van der Waals surface area (Å²) in [4.78, 5) is 83.6. The summed E-state index contributed by atoms with van der Waals surface area (Å²) in [5, 5.41) is 8.08. The van der Waals surface area contributed by atoms with Gasteiger partial charge in [-0.15, -0.1) is 11.3 Å². The molecule has 1 aliphatic carbocycles. The second-order valence-electron chi connectivity index (χ2n) is 19.0. The average molecular weight is 924 g/mol. The van der Waals surface area contributed by atoms with Crippen molar-refractivity contribution in [2.45, 2.75) is 117 Å². The Bertz CT molecular complexity index is 2500. The molecule has 66 heavy (non-hydrogen) atoms. The van der Waals surface area contributed by atoms with Gasteiger partial charge in [-0.1, -0.05) is 40.3 Å². The van der Waals surface area contributed by atoms with E-state index in [0.29, 0.717) is 43.8 Å². The van der Waals surface area contributed by atoms with Crippen LogP contribution in [-0.4, -0.2) is 136 Å². The number of hydrazine groups is 1. The predicted octanol–water partition coefficient (Wildman–Crippen LogP) is 6.00. The maximum Gasteiger partial charge on any atom is 0.324 e. The first-order chi connectivity index (χ1) is 31.4. The van der Waals surface area contributed by atoms with Crippen molar-refractivity contribution in [3.05, 3.63) is 70.8 Å². The maximum atomic E-state index is 14.6. The largest absolute Gasteiger partial charge is 0.464 e. The minimum atomic E-state index is -1.09. The van der Waals surface area contributed by atoms with Gasteiger partial charge in [0.15, 0.2) is 0 Å². The lowest BCUT2D eigenvalue weighted by molar-refractivity contribution is -0.155. The highest BCUT2D eigenvalue weighted by Crippen LogP contribution is 2.42. The number of nitrogens with one attached hydrogen (secondary N) is 2. The third-order valence-corrected chi connectivity index (χ3v) is 14.2. The molecule has 4 aromatic rings. The maximum absolute atomic E-state index is 14.6. The van der Waals surface area contributed by atoms with Crippen LogP contribution in [0.1, 0.15) is 83.2 Å². The first-order valence-electron chi connectivity index (χ1n) is 22.9. The van der Waals surface area contributed by atoms with Crippen molar-refractivity contribution in [3.63, 3.8) is 0 Å². The number of esters is 1. The van der Waals surface area contributed by atoms with Crippen LogP contribution in [0.25, 0.3) is 33.4 Å². The fraction of sp³-hybridized carbons (Fsp3) is 0.531. The van der Waals surface area contributed by atoms with Crippen LogP contribution in [0, 0.1) is 11.3 Å². The number of hydrogen-bond donors (Lipinski definition) is 2. The van der Waals surface area contributed by atoms with E-state index in [1.165, 1.54) is 27.3 Å². The fourth-order valence-electron chi connectivity index (χ4n) is 9.57. The minimum absolute atomic E-state index is 0.0673. The van der Waals surface area contributed by atoms with E-state index in [1.807, 2.05) is 32.2 Å². The van der Waals surface area contributed by atoms with Crippen molar-refractivity contribution >= 4 is 52.0 Å². The minimum Gasteiger partial charge on any atom is -0.464 e. The molecule has 2 N–H and O–H groups in total. The number of hydrogen-bond acceptors (Lipinski definition) is 11. The number of benzene rings is 1. The molecule has 2 fully saturated rings. The summed E-state index contributed by atoms with van der Waals surface area (Å²) in [5.74, 6) is -1.95. The SMILES string of the molecule is C=CC(=O)N(C)[C@@H]1C[C@H]1N(C)C(=O)N(C)C(C(=O)N[C@H]1Cc2nc(cs2)-c2ccc3c(c2)c(c(-c2cccnc2[C@H](C)OC)n3CC)CC(C)(C)COC(=O)[C@@H]2CCCN(N2)C1=O)C(C)C. The molecule has 354 valence electrons. The number of carbonyl (C=O) groups excluding carboxylic acids is 5. The molecule has 7 rings (SSSR count). The van der Waals surface area contributed by atoms with Gasteiger partial charge in [-0.2, -0.15) is 0 Å². The van der Waals surface area contributed by atoms with Gasteiger partial charge < -0.3 is 34.1 Å². The Morgan fingerprint density at radius 1 is 1.12 bits per heavy atom. The number of aromatic nitrogens is 3. The fourth-order valence-corrected chi connectivity index (χ4v) is 10.4. The van der Waals surface area contributed by atoms with E-state index in [2.05, 4.69) is 66.9 Å². The summed E-state index contributed by atoms with van der Waals surface area (Å²) < 4.78 is 14.2. The molecule has 3 aliphatic rings. The Hall–Kier alpha value is -5.65. The zero-order valence-corrected chi connectivity index (χ0v) is 40.7. The number of likely N-dealkylation sites (N-methyl/N-ethyl adjacent to an activating group) is 3. The third kappa shape index (κ3) is 9.74. The quantitative estimate of drug-likeness (QED) is 0.134. The number of urea groups is 1. The molecule has 3 aromatic heterocycles. The van der Waals surface area contributed by atoms with Gasteiger partial charge in [0, 0.05) is 86.8 Å². The van der Waals surface area contributed by atoms with E-state index in [0.717, 1.165) is 44.7 Å². The zero-order chi connectivity index (χ0) is 47.8. The van der Waals surface area contributed by atoms with Gasteiger partial charge in [0.1, 0.15) is 18.1 Å². The van der Waals surface area contributed by atoms with Crippen molar-refractivity contribution in [1.29, 1.82) is 0 Å². The van der Waals surface area contributed by atoms with E-state index in [-0.39, 0.29) is 49.1 Å². The van der Waals surface area contributed by atoms with Crippen LogP contribution < -0.4 is 10.7 Å². The first-order valence-corrected chi connectivity index (χ1v) is 23.8. The van der Waals surface area contributed by atoms with Gasteiger partial charge in [-0.05, 0) is 81.4 Å². The number of nitrogens with zero attached hydrogens (tertiary/aromatic N) is 7. The molecule has 6 bridgehead atoms. The van der Waals surface area contributed by atoms with Crippen LogP contribution in [0.2, 0.25) is 0 Å². The molecule has 0 spiro atoms. The second kappa shape index (κ2) is 19.7. The van der Waals surface area contributed by atoms with Crippen molar-refractivity contribution < 1.29 is 33.4 Å². The number of carbonyl (C=O) groups is 5. The average Bonchev–Trinajstić information content (AvgIpc) is 3.88. The number of pyridine rings is 1. The van der Waals surface area contributed by atoms with Gasteiger partial charge in [0.2, 0.25) is 11.8 Å². The number of cyclic esters (lactones) is 1. The standard InChI is InChI=1S/C49H65N9O7S/c1-12-41(59)54(8)38-24-39(38)55(9)48(63)56(10)43(28(3)4)45(60)52-35-23-40-51-36(26-66-40)30-18-19-37-32(22-30)33(44(57(37)13-2)31-16-14-20-50-42(31)29(5)64-11)25-49(6,7)27-65-47(62)34-17-15-21-58(53-34)46(35)61/h12,14,16,18-20,22,26,28-29,34-35,38-39,43,53H,1,13,15,17,21,23-25,27H2,2-11H3,(H,52,60)/t29-,34-,35-,38+,39+,43?/m0/s1. The molecule has 1 aromatic carbocycles. The molecule has 6 atom stereocenters. The number of methoxy groups -OCH3 is 1. The smallest absolute Gasteiger partial charge is 0.324 e. The molecule has 1 saturated carbocycles.